The van der Waals surface area contributed by atoms with Gasteiger partial charge < -0.3 is 65.6 Å². The van der Waals surface area contributed by atoms with Crippen LogP contribution in [0.25, 0.3) is 0 Å². The SMILES string of the molecule is C/C=C/C[C@@H](C)[C@@H](O)[C@@H](C(=O)N[C@@H](CC)C(=O)N(C)CC(=O)O)N(C)C(=O)[C@H](C(C)C)N(C)C(=O)[C@H](CC(C)C)N(C)C(=O)[C@H](CC(C)C)N(C)C(=O)[C@@H](C)NC(=O)[C@H](C)NC(=O)[C@H](CC(C)C)N(C)C(=O)[C@@H](NC(=O)OC(C)(C)C)C(C)C. The molecule has 84 heavy (non-hydrogen) atoms. The quantitative estimate of drug-likeness (QED) is 0.0509. The first-order valence-electron chi connectivity index (χ1n) is 29.5. The van der Waals surface area contributed by atoms with Crippen molar-refractivity contribution >= 4 is 65.2 Å². The van der Waals surface area contributed by atoms with E-state index in [-0.39, 0.29) is 49.4 Å². The second-order valence-corrected chi connectivity index (χ2v) is 25.5. The highest BCUT2D eigenvalue weighted by atomic mass is 16.6. The van der Waals surface area contributed by atoms with Crippen LogP contribution in [0, 0.1) is 35.5 Å². The van der Waals surface area contributed by atoms with Crippen molar-refractivity contribution in [3.8, 4) is 0 Å². The summed E-state index contributed by atoms with van der Waals surface area (Å²) in [5.41, 5.74) is -0.827. The maximum atomic E-state index is 15.0. The van der Waals surface area contributed by atoms with Gasteiger partial charge in [0.2, 0.25) is 53.2 Å². The molecule has 11 atom stereocenters. The number of carbonyl (C=O) groups is 11. The molecule has 0 aliphatic carbocycles. The van der Waals surface area contributed by atoms with Gasteiger partial charge >= 0.3 is 12.1 Å². The first kappa shape index (κ1) is 77.7. The molecule has 482 valence electrons. The summed E-state index contributed by atoms with van der Waals surface area (Å²) in [6.07, 6.45) is 2.13. The molecule has 0 rings (SSSR count). The summed E-state index contributed by atoms with van der Waals surface area (Å²) in [7, 11) is 8.33. The van der Waals surface area contributed by atoms with Crippen molar-refractivity contribution in [3.05, 3.63) is 12.2 Å². The standard InChI is InChI=1S/C60H108N10O14/c1-25-27-28-38(13)49(73)48(52(76)63-41(26-2)54(78)65(19)32-45(71)72)70(24)58(82)47(37(11)12)69(23)56(80)44(31-35(7)8)68(22)55(79)43(30-34(5)6)67(21)53(77)40(15)62-50(74)39(14)61-51(75)42(29-33(3)4)66(20)57(81)46(36(9)10)64-59(83)84-60(16,17)18/h25,27,33-44,46-49,73H,26,28-32H2,1-24H3,(H,61,75)(H,62,74)(H,63,76)(H,64,83)(H,71,72)/b27-25+/t38-,39+,40-,41+,42+,43+,44+,46+,47+,48+,49-/m1/s1. The van der Waals surface area contributed by atoms with Crippen LogP contribution in [-0.4, -0.2) is 220 Å². The van der Waals surface area contributed by atoms with Gasteiger partial charge in [0.15, 0.2) is 0 Å². The molecule has 0 radical (unpaired) electrons. The molecule has 0 aromatic carbocycles. The van der Waals surface area contributed by atoms with E-state index in [2.05, 4.69) is 21.3 Å². The van der Waals surface area contributed by atoms with Crippen LogP contribution in [0.5, 0.6) is 0 Å². The molecule has 0 saturated carbocycles. The number of nitrogens with one attached hydrogen (secondary N) is 4. The minimum absolute atomic E-state index is 0.0560. The number of carbonyl (C=O) groups excluding carboxylic acids is 10. The second kappa shape index (κ2) is 35.2. The monoisotopic (exact) mass is 1190 g/mol. The summed E-state index contributed by atoms with van der Waals surface area (Å²) in [4.78, 5) is 160. The van der Waals surface area contributed by atoms with Crippen molar-refractivity contribution in [2.45, 2.75) is 223 Å². The van der Waals surface area contributed by atoms with Gasteiger partial charge in [-0.2, -0.15) is 0 Å². The summed E-state index contributed by atoms with van der Waals surface area (Å²) in [6.45, 7) is 30.4. The molecule has 0 bridgehead atoms. The van der Waals surface area contributed by atoms with Gasteiger partial charge in [0.25, 0.3) is 0 Å². The zero-order valence-electron chi connectivity index (χ0n) is 55.1. The lowest BCUT2D eigenvalue weighted by atomic mass is 9.91. The molecule has 0 fully saturated rings. The van der Waals surface area contributed by atoms with Crippen LogP contribution in [0.15, 0.2) is 12.2 Å². The molecule has 0 unspecified atom stereocenters. The smallest absolute Gasteiger partial charge is 0.408 e. The number of ether oxygens (including phenoxy) is 1. The van der Waals surface area contributed by atoms with Gasteiger partial charge in [-0.1, -0.05) is 95.2 Å². The van der Waals surface area contributed by atoms with Crippen molar-refractivity contribution in [2.24, 2.45) is 35.5 Å². The van der Waals surface area contributed by atoms with E-state index in [1.54, 1.807) is 81.4 Å². The first-order valence-corrected chi connectivity index (χ1v) is 29.5. The van der Waals surface area contributed by atoms with Crippen LogP contribution in [0.2, 0.25) is 0 Å². The molecule has 0 spiro atoms. The highest BCUT2D eigenvalue weighted by Gasteiger charge is 2.45. The fourth-order valence-corrected chi connectivity index (χ4v) is 9.69. The molecule has 0 aromatic rings. The topological polar surface area (TPSA) is 305 Å². The fraction of sp³-hybridized carbons (Fsp3) is 0.783. The molecule has 10 amide bonds. The second-order valence-electron chi connectivity index (χ2n) is 25.5. The van der Waals surface area contributed by atoms with E-state index in [9.17, 15) is 58.2 Å². The third-order valence-corrected chi connectivity index (χ3v) is 14.6. The summed E-state index contributed by atoms with van der Waals surface area (Å²) >= 11 is 0. The summed E-state index contributed by atoms with van der Waals surface area (Å²) < 4.78 is 5.38. The molecular formula is C60H108N10O14. The van der Waals surface area contributed by atoms with E-state index in [0.29, 0.717) is 6.42 Å². The van der Waals surface area contributed by atoms with Crippen molar-refractivity contribution in [3.63, 3.8) is 0 Å². The highest BCUT2D eigenvalue weighted by Crippen LogP contribution is 2.25. The third kappa shape index (κ3) is 24.0. The van der Waals surface area contributed by atoms with Gasteiger partial charge in [0, 0.05) is 42.3 Å². The first-order chi connectivity index (χ1) is 38.5. The minimum atomic E-state index is -1.59. The van der Waals surface area contributed by atoms with Crippen molar-refractivity contribution < 1.29 is 67.7 Å². The van der Waals surface area contributed by atoms with Crippen molar-refractivity contribution in [2.75, 3.05) is 48.8 Å². The van der Waals surface area contributed by atoms with E-state index in [1.807, 2.05) is 41.5 Å². The molecular weight excluding hydrogens is 1080 g/mol. The number of hydrogen-bond acceptors (Lipinski definition) is 13. The van der Waals surface area contributed by atoms with Crippen LogP contribution < -0.4 is 21.3 Å². The van der Waals surface area contributed by atoms with Gasteiger partial charge in [0.05, 0.1) is 6.10 Å². The fourth-order valence-electron chi connectivity index (χ4n) is 9.69. The largest absolute Gasteiger partial charge is 0.480 e. The minimum Gasteiger partial charge on any atom is -0.480 e. The summed E-state index contributed by atoms with van der Waals surface area (Å²) in [5.74, 6) is -9.37. The van der Waals surface area contributed by atoms with Gasteiger partial charge in [0.1, 0.15) is 66.5 Å². The zero-order chi connectivity index (χ0) is 65.7. The Morgan fingerprint density at radius 3 is 1.38 bits per heavy atom. The van der Waals surface area contributed by atoms with Crippen LogP contribution in [-0.2, 0) is 52.7 Å². The van der Waals surface area contributed by atoms with Crippen molar-refractivity contribution in [1.82, 2.24) is 50.7 Å². The lowest BCUT2D eigenvalue weighted by molar-refractivity contribution is -0.157. The number of aliphatic hydroxyl groups excluding tert-OH is 1. The number of alkyl carbamates (subject to hydrolysis) is 1. The number of carboxylic acids is 1. The number of hydrogen-bond donors (Lipinski definition) is 6. The zero-order valence-corrected chi connectivity index (χ0v) is 55.1. The highest BCUT2D eigenvalue weighted by molar-refractivity contribution is 5.98. The number of allylic oxidation sites excluding steroid dienone is 2. The molecule has 0 heterocycles. The summed E-state index contributed by atoms with van der Waals surface area (Å²) in [5, 5.41) is 31.7. The van der Waals surface area contributed by atoms with Crippen molar-refractivity contribution in [1.29, 1.82) is 0 Å². The Balaban J connectivity index is 6.96. The van der Waals surface area contributed by atoms with E-state index in [1.165, 1.54) is 75.7 Å². The van der Waals surface area contributed by atoms with Gasteiger partial charge in [-0.25, -0.2) is 4.79 Å². The van der Waals surface area contributed by atoms with Crippen LogP contribution in [0.4, 0.5) is 4.79 Å². The average Bonchev–Trinajstić information content (AvgIpc) is 3.59. The van der Waals surface area contributed by atoms with Crippen LogP contribution in [0.1, 0.15) is 157 Å². The molecule has 0 saturated heterocycles. The third-order valence-electron chi connectivity index (χ3n) is 14.6. The lowest BCUT2D eigenvalue weighted by Crippen LogP contribution is -2.63. The number of likely N-dealkylation sites (N-methyl/N-ethyl adjacent to an activating group) is 6. The van der Waals surface area contributed by atoms with E-state index in [4.69, 9.17) is 4.74 Å². The lowest BCUT2D eigenvalue weighted by Gasteiger charge is -2.41. The van der Waals surface area contributed by atoms with Gasteiger partial charge in [-0.05, 0) is 109 Å². The Hall–Kier alpha value is -6.33. The van der Waals surface area contributed by atoms with E-state index < -0.39 is 150 Å². The van der Waals surface area contributed by atoms with Gasteiger partial charge in [-0.15, -0.1) is 0 Å². The van der Waals surface area contributed by atoms with Crippen LogP contribution >= 0.6 is 0 Å². The predicted molar refractivity (Wildman–Crippen MR) is 321 cm³/mol. The molecule has 0 aliphatic rings. The number of amides is 10. The molecule has 0 aliphatic heterocycles. The molecule has 0 aromatic heterocycles. The van der Waals surface area contributed by atoms with Crippen LogP contribution in [0.3, 0.4) is 0 Å². The Morgan fingerprint density at radius 2 is 0.952 bits per heavy atom. The van der Waals surface area contributed by atoms with Gasteiger partial charge in [-0.3, -0.25) is 47.9 Å². The number of carboxylic acid groups (broad SMARTS) is 1. The molecule has 24 heteroatoms. The number of aliphatic hydroxyl groups is 1. The average molecular weight is 1190 g/mol. The Labute approximate surface area is 501 Å². The number of aliphatic carboxylic acids is 1. The van der Waals surface area contributed by atoms with E-state index >= 15 is 4.79 Å². The molecule has 6 N–H and O–H groups in total. The maximum Gasteiger partial charge on any atom is 0.408 e. The molecule has 24 nitrogen and oxygen atoms in total. The summed E-state index contributed by atoms with van der Waals surface area (Å²) in [6, 6.07) is -10.9. The Kier molecular flexibility index (Phi) is 32.6. The predicted octanol–water partition coefficient (Wildman–Crippen LogP) is 3.88. The number of rotatable bonds is 33. The number of nitrogens with zero attached hydrogens (tertiary/aromatic N) is 6. The normalized spacial score (nSPS) is 15.8. The van der Waals surface area contributed by atoms with E-state index in [0.717, 1.165) is 9.80 Å². The Bertz CT molecular complexity index is 2270. The Morgan fingerprint density at radius 1 is 0.512 bits per heavy atom. The maximum absolute atomic E-state index is 15.0.